The molecule has 7 nitrogen and oxygen atoms in total. The second-order valence-corrected chi connectivity index (χ2v) is 7.47. The number of aryl methyl sites for hydroxylation is 1. The number of anilines is 1. The third kappa shape index (κ3) is 4.72. The first-order valence-corrected chi connectivity index (χ1v) is 10.1. The molecule has 2 N–H and O–H groups in total. The highest BCUT2D eigenvalue weighted by Gasteiger charge is 2.11. The zero-order valence-electron chi connectivity index (χ0n) is 16.6. The fourth-order valence-corrected chi connectivity index (χ4v) is 3.39. The number of nitrogens with zero attached hydrogens (tertiary/aromatic N) is 4. The Kier molecular flexibility index (Phi) is 5.85. The molecule has 8 heteroatoms. The van der Waals surface area contributed by atoms with Gasteiger partial charge < -0.3 is 5.32 Å². The molecule has 0 atom stereocenters. The zero-order chi connectivity index (χ0) is 20.9. The van der Waals surface area contributed by atoms with Gasteiger partial charge in [-0.3, -0.25) is 19.1 Å². The molecule has 0 saturated carbocycles. The predicted octanol–water partition coefficient (Wildman–Crippen LogP) is 4.19. The highest BCUT2D eigenvalue weighted by molar-refractivity contribution is 7.71. The van der Waals surface area contributed by atoms with Crippen molar-refractivity contribution >= 4 is 23.8 Å². The number of H-pyrrole nitrogens is 1. The van der Waals surface area contributed by atoms with E-state index in [1.165, 1.54) is 5.56 Å². The molecule has 2 aromatic carbocycles. The zero-order valence-corrected chi connectivity index (χ0v) is 17.4. The highest BCUT2D eigenvalue weighted by Crippen LogP contribution is 2.18. The van der Waals surface area contributed by atoms with E-state index in [4.69, 9.17) is 12.2 Å². The molecule has 2 aromatic heterocycles. The number of carbonyl (C=O) groups is 1. The van der Waals surface area contributed by atoms with E-state index in [2.05, 4.69) is 20.6 Å². The Labute approximate surface area is 179 Å². The Balaban J connectivity index is 1.37. The molecule has 4 rings (SSSR count). The summed E-state index contributed by atoms with van der Waals surface area (Å²) in [6.07, 6.45) is 3.75. The molecule has 0 spiro atoms. The lowest BCUT2D eigenvalue weighted by Crippen LogP contribution is -2.14. The van der Waals surface area contributed by atoms with Crippen LogP contribution in [-0.2, 0) is 17.9 Å². The molecule has 0 bridgehead atoms. The van der Waals surface area contributed by atoms with Gasteiger partial charge in [-0.15, -0.1) is 0 Å². The first kappa shape index (κ1) is 19.8. The minimum Gasteiger partial charge on any atom is -0.323 e. The van der Waals surface area contributed by atoms with Gasteiger partial charge in [0.05, 0.1) is 18.4 Å². The third-order valence-electron chi connectivity index (χ3n) is 4.73. The van der Waals surface area contributed by atoms with Crippen LogP contribution in [0.1, 0.15) is 17.5 Å². The van der Waals surface area contributed by atoms with Crippen LogP contribution in [0.4, 0.5) is 5.69 Å². The van der Waals surface area contributed by atoms with Gasteiger partial charge in [0.1, 0.15) is 0 Å². The van der Waals surface area contributed by atoms with Gasteiger partial charge in [0.2, 0.25) is 5.91 Å². The van der Waals surface area contributed by atoms with Crippen molar-refractivity contribution < 1.29 is 4.79 Å². The Morgan fingerprint density at radius 3 is 2.67 bits per heavy atom. The van der Waals surface area contributed by atoms with E-state index < -0.39 is 0 Å². The van der Waals surface area contributed by atoms with Gasteiger partial charge >= 0.3 is 0 Å². The first-order chi connectivity index (χ1) is 14.6. The second kappa shape index (κ2) is 8.87. The van der Waals surface area contributed by atoms with Crippen LogP contribution >= 0.6 is 12.2 Å². The molecule has 4 aromatic rings. The molecule has 0 aliphatic rings. The molecule has 1 amide bonds. The van der Waals surface area contributed by atoms with E-state index in [1.54, 1.807) is 10.9 Å². The van der Waals surface area contributed by atoms with Crippen molar-refractivity contribution in [2.45, 2.75) is 26.4 Å². The van der Waals surface area contributed by atoms with Crippen molar-refractivity contribution in [1.82, 2.24) is 24.5 Å². The van der Waals surface area contributed by atoms with Crippen LogP contribution in [0.25, 0.3) is 11.4 Å². The van der Waals surface area contributed by atoms with E-state index in [0.717, 1.165) is 17.0 Å². The number of benzene rings is 2. The van der Waals surface area contributed by atoms with Gasteiger partial charge in [-0.2, -0.15) is 10.2 Å². The lowest BCUT2D eigenvalue weighted by Gasteiger charge is -2.07. The third-order valence-corrected chi connectivity index (χ3v) is 5.05. The van der Waals surface area contributed by atoms with Gasteiger partial charge in [-0.25, -0.2) is 0 Å². The minimum atomic E-state index is -0.104. The van der Waals surface area contributed by atoms with Gasteiger partial charge in [0.15, 0.2) is 10.6 Å². The van der Waals surface area contributed by atoms with E-state index in [0.29, 0.717) is 23.5 Å². The smallest absolute Gasteiger partial charge is 0.226 e. The topological polar surface area (TPSA) is 80.5 Å². The van der Waals surface area contributed by atoms with Crippen LogP contribution in [0.5, 0.6) is 0 Å². The number of nitrogens with one attached hydrogen (secondary N) is 2. The molecule has 0 radical (unpaired) electrons. The molecule has 0 aliphatic carbocycles. The number of hydrogen-bond donors (Lipinski definition) is 2. The van der Waals surface area contributed by atoms with Gasteiger partial charge in [-0.1, -0.05) is 60.2 Å². The number of carbonyl (C=O) groups excluding carboxylic acids is 1. The summed E-state index contributed by atoms with van der Waals surface area (Å²) in [5.41, 5.74) is 3.95. The highest BCUT2D eigenvalue weighted by atomic mass is 32.1. The van der Waals surface area contributed by atoms with Crippen molar-refractivity contribution in [3.05, 3.63) is 82.9 Å². The van der Waals surface area contributed by atoms with E-state index in [-0.39, 0.29) is 12.3 Å². The van der Waals surface area contributed by atoms with Crippen LogP contribution in [0.2, 0.25) is 0 Å². The maximum Gasteiger partial charge on any atom is 0.226 e. The number of aromatic amines is 1. The largest absolute Gasteiger partial charge is 0.323 e. The maximum atomic E-state index is 12.5. The standard InChI is InChI=1S/C22H22N6OS/c1-16-7-9-18(10-8-16)21-25-26-22(30)28(21)12-11-20(29)24-19-13-23-27(15-19)14-17-5-3-2-4-6-17/h2-10,13,15H,11-12,14H2,1H3,(H,24,29)(H,26,30). The number of hydrogen-bond acceptors (Lipinski definition) is 4. The average Bonchev–Trinajstić information content (AvgIpc) is 3.34. The molecular formula is C22H22N6OS. The van der Waals surface area contributed by atoms with Crippen molar-refractivity contribution in [2.24, 2.45) is 0 Å². The molecule has 0 unspecified atom stereocenters. The van der Waals surface area contributed by atoms with E-state index in [1.807, 2.05) is 72.3 Å². The Hall–Kier alpha value is -3.52. The van der Waals surface area contributed by atoms with Crippen LogP contribution in [0.3, 0.4) is 0 Å². The van der Waals surface area contributed by atoms with Gasteiger partial charge in [0, 0.05) is 24.7 Å². The quantitative estimate of drug-likeness (QED) is 0.441. The normalized spacial score (nSPS) is 10.8. The minimum absolute atomic E-state index is 0.104. The Morgan fingerprint density at radius 2 is 1.90 bits per heavy atom. The number of amides is 1. The van der Waals surface area contributed by atoms with E-state index >= 15 is 0 Å². The summed E-state index contributed by atoms with van der Waals surface area (Å²) in [5.74, 6) is 0.621. The Bertz CT molecular complexity index is 1190. The summed E-state index contributed by atoms with van der Waals surface area (Å²) in [7, 11) is 0. The Morgan fingerprint density at radius 1 is 1.13 bits per heavy atom. The maximum absolute atomic E-state index is 12.5. The monoisotopic (exact) mass is 418 g/mol. The van der Waals surface area contributed by atoms with Crippen molar-refractivity contribution in [1.29, 1.82) is 0 Å². The van der Waals surface area contributed by atoms with Gasteiger partial charge in [-0.05, 0) is 24.7 Å². The van der Waals surface area contributed by atoms with Gasteiger partial charge in [0.25, 0.3) is 0 Å². The van der Waals surface area contributed by atoms with Crippen LogP contribution in [0, 0.1) is 11.7 Å². The SMILES string of the molecule is Cc1ccc(-c2n[nH]c(=S)n2CCC(=O)Nc2cnn(Cc3ccccc3)c2)cc1. The number of aromatic nitrogens is 5. The molecule has 2 heterocycles. The van der Waals surface area contributed by atoms with E-state index in [9.17, 15) is 4.79 Å². The fraction of sp³-hybridized carbons (Fsp3) is 0.182. The first-order valence-electron chi connectivity index (χ1n) is 9.67. The molecule has 0 saturated heterocycles. The molecule has 0 aliphatic heterocycles. The van der Waals surface area contributed by atoms with Crippen LogP contribution < -0.4 is 5.32 Å². The summed E-state index contributed by atoms with van der Waals surface area (Å²) in [6, 6.07) is 18.1. The van der Waals surface area contributed by atoms with Crippen molar-refractivity contribution in [3.63, 3.8) is 0 Å². The van der Waals surface area contributed by atoms with Crippen LogP contribution in [0.15, 0.2) is 67.0 Å². The molecule has 0 fully saturated rings. The predicted molar refractivity (Wildman–Crippen MR) is 119 cm³/mol. The molecule has 152 valence electrons. The lowest BCUT2D eigenvalue weighted by molar-refractivity contribution is -0.116. The summed E-state index contributed by atoms with van der Waals surface area (Å²) < 4.78 is 4.14. The summed E-state index contributed by atoms with van der Waals surface area (Å²) >= 11 is 5.35. The van der Waals surface area contributed by atoms with Crippen LogP contribution in [-0.4, -0.2) is 30.5 Å². The second-order valence-electron chi connectivity index (χ2n) is 7.08. The van der Waals surface area contributed by atoms with Crippen molar-refractivity contribution in [3.8, 4) is 11.4 Å². The number of rotatable bonds is 7. The molecule has 30 heavy (non-hydrogen) atoms. The lowest BCUT2D eigenvalue weighted by atomic mass is 10.1. The average molecular weight is 419 g/mol. The fourth-order valence-electron chi connectivity index (χ4n) is 3.17. The summed E-state index contributed by atoms with van der Waals surface area (Å²) in [4.78, 5) is 12.5. The summed E-state index contributed by atoms with van der Waals surface area (Å²) in [6.45, 7) is 3.12. The molecular weight excluding hydrogens is 396 g/mol. The summed E-state index contributed by atoms with van der Waals surface area (Å²) in [5, 5.41) is 14.4. The van der Waals surface area contributed by atoms with Crippen molar-refractivity contribution in [2.75, 3.05) is 5.32 Å².